The van der Waals surface area contributed by atoms with E-state index in [9.17, 15) is 8.42 Å². The van der Waals surface area contributed by atoms with E-state index < -0.39 is 15.9 Å². The maximum absolute atomic E-state index is 10.4. The van der Waals surface area contributed by atoms with Crippen LogP contribution >= 0.6 is 0 Å². The zero-order valence-corrected chi connectivity index (χ0v) is 8.83. The van der Waals surface area contributed by atoms with E-state index in [1.807, 2.05) is 0 Å². The molecular formula is C9H11NO4S. The number of ether oxygens (including phenoxy) is 1. The van der Waals surface area contributed by atoms with Gasteiger partial charge in [0.2, 0.25) is 0 Å². The number of nitriles is 1. The summed E-state index contributed by atoms with van der Waals surface area (Å²) >= 11 is 0. The highest BCUT2D eigenvalue weighted by Crippen LogP contribution is 2.07. The Labute approximate surface area is 88.7 Å². The van der Waals surface area contributed by atoms with E-state index in [1.54, 1.807) is 6.07 Å². The highest BCUT2D eigenvalue weighted by molar-refractivity contribution is 7.85. The summed E-state index contributed by atoms with van der Waals surface area (Å²) in [6, 6.07) is 1.80. The third kappa shape index (κ3) is 5.67. The molecule has 0 saturated carbocycles. The minimum atomic E-state index is -4.06. The summed E-state index contributed by atoms with van der Waals surface area (Å²) in [5.41, 5.74) is 0.153. The first-order chi connectivity index (χ1) is 6.94. The van der Waals surface area contributed by atoms with E-state index in [1.165, 1.54) is 12.2 Å². The minimum absolute atomic E-state index is 0.135. The van der Waals surface area contributed by atoms with Gasteiger partial charge in [-0.3, -0.25) is 4.55 Å². The molecule has 0 aromatic carbocycles. The number of hydrogen-bond donors (Lipinski definition) is 1. The third-order valence-electron chi connectivity index (χ3n) is 1.37. The lowest BCUT2D eigenvalue weighted by Crippen LogP contribution is -2.10. The van der Waals surface area contributed by atoms with Crippen molar-refractivity contribution in [2.45, 2.75) is 0 Å². The minimum Gasteiger partial charge on any atom is -0.491 e. The van der Waals surface area contributed by atoms with Crippen LogP contribution in [0, 0.1) is 11.3 Å². The summed E-state index contributed by atoms with van der Waals surface area (Å²) in [7, 11) is -4.06. The van der Waals surface area contributed by atoms with E-state index in [0.29, 0.717) is 0 Å². The highest BCUT2D eigenvalue weighted by atomic mass is 32.2. The molecule has 0 aliphatic rings. The Hall–Kier alpha value is -1.58. The molecule has 0 bridgehead atoms. The summed E-state index contributed by atoms with van der Waals surface area (Å²) in [4.78, 5) is 0. The number of allylic oxidation sites excluding steroid dienone is 3. The summed E-state index contributed by atoms with van der Waals surface area (Å²) in [5.74, 6) is -0.406. The van der Waals surface area contributed by atoms with E-state index in [2.05, 4.69) is 13.2 Å². The Bertz CT molecular complexity index is 414. The van der Waals surface area contributed by atoms with Crippen LogP contribution in [0.2, 0.25) is 0 Å². The molecule has 82 valence electrons. The summed E-state index contributed by atoms with van der Waals surface area (Å²) in [6.07, 6.45) is 2.54. The molecular weight excluding hydrogens is 218 g/mol. The zero-order valence-electron chi connectivity index (χ0n) is 8.01. The van der Waals surface area contributed by atoms with Crippen molar-refractivity contribution in [1.29, 1.82) is 5.26 Å². The molecule has 0 aromatic rings. The quantitative estimate of drug-likeness (QED) is 0.318. The van der Waals surface area contributed by atoms with Crippen LogP contribution in [-0.2, 0) is 14.9 Å². The molecule has 0 saturated heterocycles. The fourth-order valence-electron chi connectivity index (χ4n) is 0.705. The molecule has 0 atom stereocenters. The van der Waals surface area contributed by atoms with Crippen LogP contribution in [0.4, 0.5) is 0 Å². The average molecular weight is 229 g/mol. The van der Waals surface area contributed by atoms with Gasteiger partial charge in [0.1, 0.15) is 24.2 Å². The van der Waals surface area contributed by atoms with Crippen molar-refractivity contribution in [3.8, 4) is 6.07 Å². The van der Waals surface area contributed by atoms with Crippen molar-refractivity contribution in [2.75, 3.05) is 12.4 Å². The Kier molecular flexibility index (Phi) is 5.37. The van der Waals surface area contributed by atoms with Crippen molar-refractivity contribution in [3.63, 3.8) is 0 Å². The van der Waals surface area contributed by atoms with E-state index >= 15 is 0 Å². The lowest BCUT2D eigenvalue weighted by Gasteiger charge is -2.05. The van der Waals surface area contributed by atoms with Crippen LogP contribution in [0.5, 0.6) is 0 Å². The normalized spacial score (nSPS) is 12.3. The van der Waals surface area contributed by atoms with Crippen molar-refractivity contribution < 1.29 is 17.7 Å². The molecule has 6 heteroatoms. The maximum Gasteiger partial charge on any atom is 0.268 e. The van der Waals surface area contributed by atoms with Gasteiger partial charge in [0.25, 0.3) is 10.1 Å². The zero-order chi connectivity index (χ0) is 11.9. The Morgan fingerprint density at radius 3 is 2.40 bits per heavy atom. The largest absolute Gasteiger partial charge is 0.491 e. The maximum atomic E-state index is 10.4. The van der Waals surface area contributed by atoms with E-state index in [0.717, 1.165) is 0 Å². The summed E-state index contributed by atoms with van der Waals surface area (Å²) in [6.45, 7) is 6.53. The smallest absolute Gasteiger partial charge is 0.268 e. The molecule has 0 aliphatic carbocycles. The second-order valence-corrected chi connectivity index (χ2v) is 4.00. The Morgan fingerprint density at radius 1 is 1.47 bits per heavy atom. The predicted molar refractivity (Wildman–Crippen MR) is 55.4 cm³/mol. The van der Waals surface area contributed by atoms with Crippen molar-refractivity contribution >= 4 is 10.1 Å². The molecule has 0 aromatic heterocycles. The predicted octanol–water partition coefficient (Wildman–Crippen LogP) is 1.04. The van der Waals surface area contributed by atoms with Gasteiger partial charge >= 0.3 is 0 Å². The molecule has 0 heterocycles. The number of nitrogens with zero attached hydrogens (tertiary/aromatic N) is 1. The molecule has 0 radical (unpaired) electrons. The first kappa shape index (κ1) is 13.4. The topological polar surface area (TPSA) is 87.4 Å². The monoisotopic (exact) mass is 229 g/mol. The second kappa shape index (κ2) is 6.01. The summed E-state index contributed by atoms with van der Waals surface area (Å²) in [5, 5.41) is 8.61. The van der Waals surface area contributed by atoms with Gasteiger partial charge in [0.15, 0.2) is 0 Å². The lowest BCUT2D eigenvalue weighted by molar-refractivity contribution is 0.240. The fraction of sp³-hybridized carbons (Fsp3) is 0.222. The van der Waals surface area contributed by atoms with Gasteiger partial charge in [-0.2, -0.15) is 13.7 Å². The first-order valence-electron chi connectivity index (χ1n) is 3.91. The average Bonchev–Trinajstić information content (AvgIpc) is 2.15. The van der Waals surface area contributed by atoms with Crippen LogP contribution in [0.1, 0.15) is 0 Å². The van der Waals surface area contributed by atoms with Gasteiger partial charge in [-0.05, 0) is 12.2 Å². The SMILES string of the molecule is C=C/C(C#N)=C(\C=C)OCCS(=O)(=O)O. The molecule has 0 unspecified atom stereocenters. The molecule has 0 amide bonds. The molecule has 0 rings (SSSR count). The number of rotatable bonds is 6. The van der Waals surface area contributed by atoms with Crippen molar-refractivity contribution in [2.24, 2.45) is 0 Å². The van der Waals surface area contributed by atoms with Gasteiger partial charge in [0, 0.05) is 0 Å². The Morgan fingerprint density at radius 2 is 2.07 bits per heavy atom. The molecule has 15 heavy (non-hydrogen) atoms. The van der Waals surface area contributed by atoms with E-state index in [-0.39, 0.29) is 17.9 Å². The third-order valence-corrected chi connectivity index (χ3v) is 2.06. The van der Waals surface area contributed by atoms with Gasteiger partial charge in [-0.25, -0.2) is 0 Å². The fourth-order valence-corrected chi connectivity index (χ4v) is 0.999. The van der Waals surface area contributed by atoms with E-state index in [4.69, 9.17) is 14.6 Å². The van der Waals surface area contributed by atoms with Crippen LogP contribution in [-0.4, -0.2) is 25.3 Å². The first-order valence-corrected chi connectivity index (χ1v) is 5.52. The van der Waals surface area contributed by atoms with Gasteiger partial charge in [0.05, 0.1) is 5.57 Å². The van der Waals surface area contributed by atoms with Crippen LogP contribution in [0.15, 0.2) is 36.6 Å². The molecule has 5 nitrogen and oxygen atoms in total. The Balaban J connectivity index is 4.51. The molecule has 0 spiro atoms. The summed E-state index contributed by atoms with van der Waals surface area (Å²) < 4.78 is 34.1. The highest BCUT2D eigenvalue weighted by Gasteiger charge is 2.06. The van der Waals surface area contributed by atoms with Crippen LogP contribution in [0.25, 0.3) is 0 Å². The molecule has 0 aliphatic heterocycles. The molecule has 1 N–H and O–H groups in total. The lowest BCUT2D eigenvalue weighted by atomic mass is 10.2. The van der Waals surface area contributed by atoms with Crippen molar-refractivity contribution in [1.82, 2.24) is 0 Å². The van der Waals surface area contributed by atoms with Crippen LogP contribution in [0.3, 0.4) is 0 Å². The van der Waals surface area contributed by atoms with Crippen molar-refractivity contribution in [3.05, 3.63) is 36.6 Å². The van der Waals surface area contributed by atoms with Gasteiger partial charge < -0.3 is 4.74 Å². The van der Waals surface area contributed by atoms with Gasteiger partial charge in [-0.1, -0.05) is 13.2 Å². The molecule has 0 fully saturated rings. The second-order valence-electron chi connectivity index (χ2n) is 2.43. The van der Waals surface area contributed by atoms with Gasteiger partial charge in [-0.15, -0.1) is 0 Å². The standard InChI is InChI=1S/C9H11NO4S/c1-3-8(7-10)9(4-2)14-5-6-15(11,12)13/h3-4H,1-2,5-6H2,(H,11,12,13)/b9-8-. The number of hydrogen-bond acceptors (Lipinski definition) is 4. The van der Waals surface area contributed by atoms with Crippen LogP contribution < -0.4 is 0 Å².